The number of carbonyl (C=O) groups excluding carboxylic acids is 1. The Morgan fingerprint density at radius 2 is 2.05 bits per heavy atom. The van der Waals surface area contributed by atoms with E-state index >= 15 is 0 Å². The summed E-state index contributed by atoms with van der Waals surface area (Å²) in [6.07, 6.45) is 4.99. The van der Waals surface area contributed by atoms with Gasteiger partial charge in [0.15, 0.2) is 0 Å². The lowest BCUT2D eigenvalue weighted by Gasteiger charge is -2.36. The Balaban J connectivity index is 2.12. The Kier molecular flexibility index (Phi) is 4.48. The second-order valence-electron chi connectivity index (χ2n) is 5.42. The molecule has 1 aromatic carbocycles. The number of benzene rings is 1. The fourth-order valence-electron chi connectivity index (χ4n) is 2.65. The SMILES string of the molecule is Cc1cc(C(=O)NC2(CO)CCCCC2)ccc1Cl. The van der Waals surface area contributed by atoms with Gasteiger partial charge in [-0.05, 0) is 43.5 Å². The largest absolute Gasteiger partial charge is 0.394 e. The van der Waals surface area contributed by atoms with E-state index in [1.54, 1.807) is 18.2 Å². The molecule has 0 unspecified atom stereocenters. The normalized spacial score (nSPS) is 18.1. The molecule has 0 aromatic heterocycles. The number of carbonyl (C=O) groups is 1. The highest BCUT2D eigenvalue weighted by Gasteiger charge is 2.33. The molecule has 0 saturated heterocycles. The van der Waals surface area contributed by atoms with Gasteiger partial charge in [-0.3, -0.25) is 4.79 Å². The molecule has 0 spiro atoms. The Labute approximate surface area is 119 Å². The molecule has 19 heavy (non-hydrogen) atoms. The Bertz CT molecular complexity index is 467. The third-order valence-corrected chi connectivity index (χ3v) is 4.34. The molecule has 1 saturated carbocycles. The number of aryl methyl sites for hydroxylation is 1. The van der Waals surface area contributed by atoms with Crippen molar-refractivity contribution in [1.29, 1.82) is 0 Å². The second kappa shape index (κ2) is 5.93. The smallest absolute Gasteiger partial charge is 0.251 e. The van der Waals surface area contributed by atoms with Crippen molar-refractivity contribution in [2.45, 2.75) is 44.6 Å². The number of rotatable bonds is 3. The minimum atomic E-state index is -0.442. The molecule has 3 nitrogen and oxygen atoms in total. The number of hydrogen-bond donors (Lipinski definition) is 2. The van der Waals surface area contributed by atoms with Crippen LogP contribution in [0.2, 0.25) is 5.02 Å². The van der Waals surface area contributed by atoms with Gasteiger partial charge in [-0.15, -0.1) is 0 Å². The van der Waals surface area contributed by atoms with E-state index in [0.29, 0.717) is 10.6 Å². The average Bonchev–Trinajstić information content (AvgIpc) is 2.43. The highest BCUT2D eigenvalue weighted by atomic mass is 35.5. The van der Waals surface area contributed by atoms with E-state index < -0.39 is 5.54 Å². The van der Waals surface area contributed by atoms with Gasteiger partial charge in [-0.1, -0.05) is 30.9 Å². The van der Waals surface area contributed by atoms with E-state index in [2.05, 4.69) is 5.32 Å². The predicted molar refractivity (Wildman–Crippen MR) is 76.6 cm³/mol. The molecular formula is C15H20ClNO2. The molecule has 1 amide bonds. The van der Waals surface area contributed by atoms with Crippen LogP contribution in [0.15, 0.2) is 18.2 Å². The minimum Gasteiger partial charge on any atom is -0.394 e. The third-order valence-electron chi connectivity index (χ3n) is 3.91. The number of nitrogens with one attached hydrogen (secondary N) is 1. The zero-order chi connectivity index (χ0) is 13.9. The lowest BCUT2D eigenvalue weighted by Crippen LogP contribution is -2.52. The van der Waals surface area contributed by atoms with Crippen molar-refractivity contribution < 1.29 is 9.90 Å². The summed E-state index contributed by atoms with van der Waals surface area (Å²) in [5.74, 6) is -0.129. The van der Waals surface area contributed by atoms with Crippen LogP contribution in [-0.4, -0.2) is 23.2 Å². The molecule has 0 atom stereocenters. The van der Waals surface area contributed by atoms with Gasteiger partial charge in [-0.2, -0.15) is 0 Å². The molecule has 1 aliphatic rings. The molecule has 2 rings (SSSR count). The molecule has 1 aromatic rings. The molecule has 0 aliphatic heterocycles. The standard InChI is InChI=1S/C15H20ClNO2/c1-11-9-12(5-6-13(11)16)14(19)17-15(10-18)7-3-2-4-8-15/h5-6,9,18H,2-4,7-8,10H2,1H3,(H,17,19). The summed E-state index contributed by atoms with van der Waals surface area (Å²) in [6.45, 7) is 1.88. The summed E-state index contributed by atoms with van der Waals surface area (Å²) in [5.41, 5.74) is 1.04. The van der Waals surface area contributed by atoms with Crippen molar-refractivity contribution in [3.8, 4) is 0 Å². The first-order valence-electron chi connectivity index (χ1n) is 6.76. The minimum absolute atomic E-state index is 0.00527. The summed E-state index contributed by atoms with van der Waals surface area (Å²) < 4.78 is 0. The highest BCUT2D eigenvalue weighted by Crippen LogP contribution is 2.28. The molecule has 4 heteroatoms. The highest BCUT2D eigenvalue weighted by molar-refractivity contribution is 6.31. The van der Waals surface area contributed by atoms with Crippen LogP contribution in [0, 0.1) is 6.92 Å². The van der Waals surface area contributed by atoms with Crippen molar-refractivity contribution in [3.05, 3.63) is 34.3 Å². The molecular weight excluding hydrogens is 262 g/mol. The van der Waals surface area contributed by atoms with Gasteiger partial charge in [0.25, 0.3) is 5.91 Å². The quantitative estimate of drug-likeness (QED) is 0.894. The van der Waals surface area contributed by atoms with Gasteiger partial charge in [-0.25, -0.2) is 0 Å². The van der Waals surface area contributed by atoms with Gasteiger partial charge >= 0.3 is 0 Å². The van der Waals surface area contributed by atoms with Crippen molar-refractivity contribution in [2.75, 3.05) is 6.61 Å². The summed E-state index contributed by atoms with van der Waals surface area (Å²) in [7, 11) is 0. The maximum absolute atomic E-state index is 12.3. The molecule has 1 aliphatic carbocycles. The van der Waals surface area contributed by atoms with Gasteiger partial charge in [0, 0.05) is 10.6 Å². The van der Waals surface area contributed by atoms with Gasteiger partial charge in [0.05, 0.1) is 12.1 Å². The van der Waals surface area contributed by atoms with Crippen LogP contribution in [0.1, 0.15) is 48.0 Å². The summed E-state index contributed by atoms with van der Waals surface area (Å²) in [5, 5.41) is 13.3. The van der Waals surface area contributed by atoms with Crippen molar-refractivity contribution in [3.63, 3.8) is 0 Å². The maximum Gasteiger partial charge on any atom is 0.251 e. The summed E-state index contributed by atoms with van der Waals surface area (Å²) in [6, 6.07) is 5.24. The van der Waals surface area contributed by atoms with Crippen LogP contribution < -0.4 is 5.32 Å². The average molecular weight is 282 g/mol. The van der Waals surface area contributed by atoms with Crippen LogP contribution in [-0.2, 0) is 0 Å². The Hall–Kier alpha value is -1.06. The van der Waals surface area contributed by atoms with Gasteiger partial charge in [0.2, 0.25) is 0 Å². The van der Waals surface area contributed by atoms with Crippen LogP contribution in [0.3, 0.4) is 0 Å². The molecule has 0 heterocycles. The number of amides is 1. The van der Waals surface area contributed by atoms with E-state index in [0.717, 1.165) is 31.2 Å². The lowest BCUT2D eigenvalue weighted by molar-refractivity contribution is 0.0758. The topological polar surface area (TPSA) is 49.3 Å². The van der Waals surface area contributed by atoms with E-state index in [9.17, 15) is 9.90 Å². The molecule has 104 valence electrons. The first-order chi connectivity index (χ1) is 9.06. The fraction of sp³-hybridized carbons (Fsp3) is 0.533. The summed E-state index contributed by atoms with van der Waals surface area (Å²) in [4.78, 5) is 12.3. The van der Waals surface area contributed by atoms with E-state index in [4.69, 9.17) is 11.6 Å². The molecule has 2 N–H and O–H groups in total. The first kappa shape index (κ1) is 14.4. The predicted octanol–water partition coefficient (Wildman–Crippen LogP) is 3.07. The Morgan fingerprint density at radius 1 is 1.37 bits per heavy atom. The van der Waals surface area contributed by atoms with Crippen LogP contribution in [0.4, 0.5) is 0 Å². The van der Waals surface area contributed by atoms with Gasteiger partial charge < -0.3 is 10.4 Å². The van der Waals surface area contributed by atoms with E-state index in [1.165, 1.54) is 6.42 Å². The second-order valence-corrected chi connectivity index (χ2v) is 5.82. The van der Waals surface area contributed by atoms with Crippen LogP contribution in [0.5, 0.6) is 0 Å². The number of halogens is 1. The summed E-state index contributed by atoms with van der Waals surface area (Å²) >= 11 is 5.96. The van der Waals surface area contributed by atoms with Crippen LogP contribution in [0.25, 0.3) is 0 Å². The van der Waals surface area contributed by atoms with Crippen molar-refractivity contribution in [1.82, 2.24) is 5.32 Å². The van der Waals surface area contributed by atoms with Crippen molar-refractivity contribution in [2.24, 2.45) is 0 Å². The number of aliphatic hydroxyl groups is 1. The third kappa shape index (κ3) is 3.28. The van der Waals surface area contributed by atoms with Gasteiger partial charge in [0.1, 0.15) is 0 Å². The van der Waals surface area contributed by atoms with Crippen LogP contribution >= 0.6 is 11.6 Å². The Morgan fingerprint density at radius 3 is 2.63 bits per heavy atom. The molecule has 0 bridgehead atoms. The fourth-order valence-corrected chi connectivity index (χ4v) is 2.77. The lowest BCUT2D eigenvalue weighted by atomic mass is 9.82. The number of hydrogen-bond acceptors (Lipinski definition) is 2. The zero-order valence-corrected chi connectivity index (χ0v) is 12.0. The number of aliphatic hydroxyl groups excluding tert-OH is 1. The maximum atomic E-state index is 12.3. The molecule has 1 fully saturated rings. The first-order valence-corrected chi connectivity index (χ1v) is 7.14. The monoisotopic (exact) mass is 281 g/mol. The van der Waals surface area contributed by atoms with E-state index in [-0.39, 0.29) is 12.5 Å². The molecule has 0 radical (unpaired) electrons. The van der Waals surface area contributed by atoms with Crippen molar-refractivity contribution >= 4 is 17.5 Å². The van der Waals surface area contributed by atoms with E-state index in [1.807, 2.05) is 6.92 Å². The zero-order valence-electron chi connectivity index (χ0n) is 11.2.